The third-order valence-electron chi connectivity index (χ3n) is 4.73. The van der Waals surface area contributed by atoms with Crippen molar-refractivity contribution in [1.29, 1.82) is 0 Å². The van der Waals surface area contributed by atoms with E-state index in [9.17, 15) is 9.59 Å². The number of amides is 3. The number of nitrogens with one attached hydrogen (secondary N) is 2. The zero-order chi connectivity index (χ0) is 19.8. The quantitative estimate of drug-likeness (QED) is 0.838. The number of carbonyl (C=O) groups excluding carboxylic acids is 2. The van der Waals surface area contributed by atoms with Gasteiger partial charge in [-0.25, -0.2) is 9.80 Å². The summed E-state index contributed by atoms with van der Waals surface area (Å²) < 4.78 is 11.0. The van der Waals surface area contributed by atoms with Gasteiger partial charge in [-0.2, -0.15) is 5.10 Å². The average molecular weight is 380 g/mol. The highest BCUT2D eigenvalue weighted by atomic mass is 16.7. The van der Waals surface area contributed by atoms with Crippen LogP contribution in [-0.4, -0.2) is 36.5 Å². The number of hydrogen-bond donors (Lipinski definition) is 2. The molecule has 1 atom stereocenters. The number of hydrogen-bond acceptors (Lipinski definition) is 5. The lowest BCUT2D eigenvalue weighted by molar-refractivity contribution is -0.114. The zero-order valence-corrected chi connectivity index (χ0v) is 15.8. The second-order valence-electron chi connectivity index (χ2n) is 6.58. The highest BCUT2D eigenvalue weighted by Gasteiger charge is 2.32. The van der Waals surface area contributed by atoms with Gasteiger partial charge in [0.1, 0.15) is 0 Å². The van der Waals surface area contributed by atoms with Crippen molar-refractivity contribution in [2.24, 2.45) is 5.10 Å². The SMILES string of the molecule is CNC(=O)N1N=C(c2ccc(NC(C)=O)cc2)c2cc3c(cc2C1C)OCO3. The first-order valence-corrected chi connectivity index (χ1v) is 8.89. The van der Waals surface area contributed by atoms with Gasteiger partial charge in [-0.15, -0.1) is 0 Å². The molecule has 0 spiro atoms. The summed E-state index contributed by atoms with van der Waals surface area (Å²) in [6.07, 6.45) is 0. The minimum Gasteiger partial charge on any atom is -0.454 e. The molecule has 0 saturated carbocycles. The van der Waals surface area contributed by atoms with Crippen molar-refractivity contribution in [1.82, 2.24) is 10.3 Å². The van der Waals surface area contributed by atoms with Gasteiger partial charge >= 0.3 is 6.03 Å². The Morgan fingerprint density at radius 1 is 1.14 bits per heavy atom. The Morgan fingerprint density at radius 3 is 2.46 bits per heavy atom. The number of fused-ring (bicyclic) bond motifs is 2. The highest BCUT2D eigenvalue weighted by molar-refractivity contribution is 6.15. The van der Waals surface area contributed by atoms with Crippen molar-refractivity contribution in [3.8, 4) is 11.5 Å². The molecule has 2 N–H and O–H groups in total. The second kappa shape index (κ2) is 6.88. The monoisotopic (exact) mass is 380 g/mol. The number of anilines is 1. The maximum absolute atomic E-state index is 12.4. The zero-order valence-electron chi connectivity index (χ0n) is 15.8. The van der Waals surface area contributed by atoms with E-state index in [0.717, 1.165) is 16.7 Å². The molecule has 2 aliphatic rings. The van der Waals surface area contributed by atoms with Gasteiger partial charge < -0.3 is 20.1 Å². The molecule has 144 valence electrons. The summed E-state index contributed by atoms with van der Waals surface area (Å²) in [5.74, 6) is 1.17. The van der Waals surface area contributed by atoms with Crippen LogP contribution in [0.4, 0.5) is 10.5 Å². The molecule has 1 unspecified atom stereocenters. The highest BCUT2D eigenvalue weighted by Crippen LogP contribution is 2.41. The molecular formula is C20H20N4O4. The van der Waals surface area contributed by atoms with Crippen LogP contribution in [0.5, 0.6) is 11.5 Å². The molecule has 2 aromatic carbocycles. The molecule has 0 aromatic heterocycles. The van der Waals surface area contributed by atoms with E-state index in [2.05, 4.69) is 15.7 Å². The van der Waals surface area contributed by atoms with Crippen LogP contribution in [0.1, 0.15) is 36.6 Å². The number of carbonyl (C=O) groups is 2. The van der Waals surface area contributed by atoms with E-state index >= 15 is 0 Å². The molecule has 3 amide bonds. The lowest BCUT2D eigenvalue weighted by Gasteiger charge is -2.32. The van der Waals surface area contributed by atoms with Gasteiger partial charge in [-0.1, -0.05) is 12.1 Å². The van der Waals surface area contributed by atoms with Crippen LogP contribution < -0.4 is 20.1 Å². The Morgan fingerprint density at radius 2 is 1.82 bits per heavy atom. The van der Waals surface area contributed by atoms with Crippen molar-refractivity contribution >= 4 is 23.3 Å². The number of benzene rings is 2. The van der Waals surface area contributed by atoms with Crippen LogP contribution >= 0.6 is 0 Å². The third-order valence-corrected chi connectivity index (χ3v) is 4.73. The third kappa shape index (κ3) is 3.02. The van der Waals surface area contributed by atoms with Crippen molar-refractivity contribution in [2.75, 3.05) is 19.2 Å². The molecule has 4 rings (SSSR count). The van der Waals surface area contributed by atoms with Gasteiger partial charge in [0.15, 0.2) is 11.5 Å². The van der Waals surface area contributed by atoms with Gasteiger partial charge in [0, 0.05) is 30.8 Å². The van der Waals surface area contributed by atoms with Crippen molar-refractivity contribution in [3.63, 3.8) is 0 Å². The Bertz CT molecular complexity index is 984. The summed E-state index contributed by atoms with van der Waals surface area (Å²) in [4.78, 5) is 23.6. The summed E-state index contributed by atoms with van der Waals surface area (Å²) >= 11 is 0. The van der Waals surface area contributed by atoms with Gasteiger partial charge in [0.05, 0.1) is 11.8 Å². The van der Waals surface area contributed by atoms with E-state index in [4.69, 9.17) is 9.47 Å². The number of urea groups is 1. The molecule has 0 aliphatic carbocycles. The Kier molecular flexibility index (Phi) is 4.38. The predicted octanol–water partition coefficient (Wildman–Crippen LogP) is 2.84. The van der Waals surface area contributed by atoms with Crippen molar-refractivity contribution in [3.05, 3.63) is 53.1 Å². The van der Waals surface area contributed by atoms with E-state index in [0.29, 0.717) is 22.9 Å². The maximum Gasteiger partial charge on any atom is 0.338 e. The summed E-state index contributed by atoms with van der Waals surface area (Å²) in [6.45, 7) is 3.54. The fourth-order valence-electron chi connectivity index (χ4n) is 3.35. The average Bonchev–Trinajstić information content (AvgIpc) is 3.14. The minimum absolute atomic E-state index is 0.138. The predicted molar refractivity (Wildman–Crippen MR) is 104 cm³/mol. The molecule has 0 radical (unpaired) electrons. The number of rotatable bonds is 2. The molecule has 2 aromatic rings. The second-order valence-corrected chi connectivity index (χ2v) is 6.58. The molecule has 2 aliphatic heterocycles. The standard InChI is InChI=1S/C20H20N4O4/c1-11-15-8-17-18(28-10-27-17)9-16(15)19(23-24(11)20(26)21-3)13-4-6-14(7-5-13)22-12(2)25/h4-9,11H,10H2,1-3H3,(H,21,26)(H,22,25). The van der Waals surface area contributed by atoms with E-state index in [1.54, 1.807) is 19.2 Å². The number of ether oxygens (including phenoxy) is 2. The van der Waals surface area contributed by atoms with Crippen molar-refractivity contribution < 1.29 is 19.1 Å². The molecule has 2 heterocycles. The molecule has 0 fully saturated rings. The molecule has 28 heavy (non-hydrogen) atoms. The summed E-state index contributed by atoms with van der Waals surface area (Å²) in [5.41, 5.74) is 3.95. The fraction of sp³-hybridized carbons (Fsp3) is 0.250. The molecule has 8 nitrogen and oxygen atoms in total. The smallest absolute Gasteiger partial charge is 0.338 e. The normalized spacial score (nSPS) is 16.9. The van der Waals surface area contributed by atoms with Gasteiger partial charge in [0.25, 0.3) is 0 Å². The Labute approximate surface area is 162 Å². The lowest BCUT2D eigenvalue weighted by atomic mass is 9.91. The Hall–Kier alpha value is -3.55. The topological polar surface area (TPSA) is 92.3 Å². The van der Waals surface area contributed by atoms with E-state index < -0.39 is 0 Å². The molecular weight excluding hydrogens is 360 g/mol. The van der Waals surface area contributed by atoms with Gasteiger partial charge in [0.2, 0.25) is 12.7 Å². The Balaban J connectivity index is 1.82. The van der Waals surface area contributed by atoms with E-state index in [-0.39, 0.29) is 24.8 Å². The largest absolute Gasteiger partial charge is 0.454 e. The minimum atomic E-state index is -0.303. The molecule has 8 heteroatoms. The lowest BCUT2D eigenvalue weighted by Crippen LogP contribution is -2.39. The van der Waals surface area contributed by atoms with E-state index in [1.165, 1.54) is 11.9 Å². The van der Waals surface area contributed by atoms with Crippen LogP contribution in [0.2, 0.25) is 0 Å². The number of hydrazone groups is 1. The van der Waals surface area contributed by atoms with Crippen LogP contribution in [0.25, 0.3) is 0 Å². The summed E-state index contributed by atoms with van der Waals surface area (Å²) in [6, 6.07) is 10.5. The van der Waals surface area contributed by atoms with Crippen LogP contribution in [0.15, 0.2) is 41.5 Å². The molecule has 0 bridgehead atoms. The van der Waals surface area contributed by atoms with E-state index in [1.807, 2.05) is 31.2 Å². The summed E-state index contributed by atoms with van der Waals surface area (Å²) in [5, 5.41) is 11.4. The first-order chi connectivity index (χ1) is 13.5. The van der Waals surface area contributed by atoms with Gasteiger partial charge in [-0.3, -0.25) is 4.79 Å². The van der Waals surface area contributed by atoms with Crippen LogP contribution in [0.3, 0.4) is 0 Å². The van der Waals surface area contributed by atoms with Crippen LogP contribution in [0, 0.1) is 0 Å². The first-order valence-electron chi connectivity index (χ1n) is 8.89. The van der Waals surface area contributed by atoms with Crippen LogP contribution in [-0.2, 0) is 4.79 Å². The molecule has 0 saturated heterocycles. The maximum atomic E-state index is 12.4. The van der Waals surface area contributed by atoms with Crippen molar-refractivity contribution in [2.45, 2.75) is 19.9 Å². The summed E-state index contributed by atoms with van der Waals surface area (Å²) in [7, 11) is 1.57. The van der Waals surface area contributed by atoms with Gasteiger partial charge in [-0.05, 0) is 36.8 Å². The first kappa shape index (κ1) is 17.8. The fourth-order valence-corrected chi connectivity index (χ4v) is 3.35. The number of nitrogens with zero attached hydrogens (tertiary/aromatic N) is 2.